The zero-order valence-electron chi connectivity index (χ0n) is 6.80. The highest BCUT2D eigenvalue weighted by Crippen LogP contribution is 2.01. The lowest BCUT2D eigenvalue weighted by Crippen LogP contribution is -1.76. The van der Waals surface area contributed by atoms with E-state index in [-0.39, 0.29) is 0 Å². The summed E-state index contributed by atoms with van der Waals surface area (Å²) in [5, 5.41) is 0. The standard InChI is InChI=1S/C9H15N/c1-4-5-6-9(2)7-8-10-3/h4,7-8H,1,5-6H2,2-3H3/b9-7-,10-8?. The van der Waals surface area contributed by atoms with Crippen LogP contribution in [-0.2, 0) is 0 Å². The van der Waals surface area contributed by atoms with E-state index in [1.54, 1.807) is 7.05 Å². The molecule has 0 unspecified atom stereocenters. The van der Waals surface area contributed by atoms with E-state index >= 15 is 0 Å². The molecule has 0 spiro atoms. The van der Waals surface area contributed by atoms with Crippen LogP contribution in [0.15, 0.2) is 29.3 Å². The van der Waals surface area contributed by atoms with Gasteiger partial charge in [0.15, 0.2) is 0 Å². The maximum atomic E-state index is 3.86. The summed E-state index contributed by atoms with van der Waals surface area (Å²) in [6, 6.07) is 0. The summed E-state index contributed by atoms with van der Waals surface area (Å²) in [6.07, 6.45) is 7.93. The third kappa shape index (κ3) is 5.29. The summed E-state index contributed by atoms with van der Waals surface area (Å²) in [7, 11) is 1.78. The van der Waals surface area contributed by atoms with Crippen LogP contribution >= 0.6 is 0 Å². The number of allylic oxidation sites excluding steroid dienone is 3. The molecule has 0 saturated carbocycles. The molecule has 56 valence electrons. The van der Waals surface area contributed by atoms with Gasteiger partial charge in [-0.1, -0.05) is 11.6 Å². The first-order chi connectivity index (χ1) is 4.81. The molecule has 0 heterocycles. The molecule has 0 aliphatic heterocycles. The van der Waals surface area contributed by atoms with E-state index in [1.807, 2.05) is 18.4 Å². The van der Waals surface area contributed by atoms with Gasteiger partial charge in [-0.3, -0.25) is 4.99 Å². The van der Waals surface area contributed by atoms with Crippen molar-refractivity contribution >= 4 is 6.21 Å². The van der Waals surface area contributed by atoms with Crippen molar-refractivity contribution in [3.63, 3.8) is 0 Å². The van der Waals surface area contributed by atoms with Crippen LogP contribution in [0.2, 0.25) is 0 Å². The third-order valence-corrected chi connectivity index (χ3v) is 1.25. The lowest BCUT2D eigenvalue weighted by Gasteiger charge is -1.92. The Balaban J connectivity index is 3.59. The summed E-state index contributed by atoms with van der Waals surface area (Å²) in [5.74, 6) is 0. The monoisotopic (exact) mass is 137 g/mol. The quantitative estimate of drug-likeness (QED) is 0.417. The number of aliphatic imine (C=N–C) groups is 1. The largest absolute Gasteiger partial charge is 0.297 e. The van der Waals surface area contributed by atoms with Crippen LogP contribution in [0.1, 0.15) is 19.8 Å². The average Bonchev–Trinajstić information content (AvgIpc) is 1.97. The molecular formula is C9H15N. The van der Waals surface area contributed by atoms with Crippen LogP contribution in [-0.4, -0.2) is 13.3 Å². The van der Waals surface area contributed by atoms with Crippen LogP contribution in [0.25, 0.3) is 0 Å². The van der Waals surface area contributed by atoms with E-state index in [0.717, 1.165) is 12.8 Å². The fourth-order valence-corrected chi connectivity index (χ4v) is 0.615. The van der Waals surface area contributed by atoms with Crippen molar-refractivity contribution in [1.82, 2.24) is 0 Å². The molecule has 0 saturated heterocycles. The Hall–Kier alpha value is -0.850. The fraction of sp³-hybridized carbons (Fsp3) is 0.444. The van der Waals surface area contributed by atoms with Crippen molar-refractivity contribution in [1.29, 1.82) is 0 Å². The second-order valence-electron chi connectivity index (χ2n) is 2.25. The zero-order valence-corrected chi connectivity index (χ0v) is 6.80. The second kappa shape index (κ2) is 6.27. The molecule has 0 bridgehead atoms. The third-order valence-electron chi connectivity index (χ3n) is 1.25. The average molecular weight is 137 g/mol. The molecule has 0 amide bonds. The topological polar surface area (TPSA) is 12.4 Å². The maximum absolute atomic E-state index is 3.86. The van der Waals surface area contributed by atoms with Crippen LogP contribution in [0.3, 0.4) is 0 Å². The highest BCUT2D eigenvalue weighted by Gasteiger charge is 1.83. The van der Waals surface area contributed by atoms with Crippen molar-refractivity contribution in [3.05, 3.63) is 24.3 Å². The van der Waals surface area contributed by atoms with Crippen molar-refractivity contribution in [2.75, 3.05) is 7.05 Å². The minimum Gasteiger partial charge on any atom is -0.297 e. The van der Waals surface area contributed by atoms with Crippen molar-refractivity contribution in [2.24, 2.45) is 4.99 Å². The molecule has 0 rings (SSSR count). The van der Waals surface area contributed by atoms with E-state index < -0.39 is 0 Å². The molecule has 0 N–H and O–H groups in total. The van der Waals surface area contributed by atoms with Gasteiger partial charge in [0.25, 0.3) is 0 Å². The Bertz CT molecular complexity index is 143. The maximum Gasteiger partial charge on any atom is 0.0277 e. The number of rotatable bonds is 4. The van der Waals surface area contributed by atoms with Gasteiger partial charge in [-0.15, -0.1) is 6.58 Å². The Morgan fingerprint density at radius 3 is 2.80 bits per heavy atom. The second-order valence-corrected chi connectivity index (χ2v) is 2.25. The first-order valence-corrected chi connectivity index (χ1v) is 3.50. The molecule has 0 radical (unpaired) electrons. The number of nitrogens with zero attached hydrogens (tertiary/aromatic N) is 1. The van der Waals surface area contributed by atoms with E-state index in [0.29, 0.717) is 0 Å². The van der Waals surface area contributed by atoms with Crippen molar-refractivity contribution < 1.29 is 0 Å². The van der Waals surface area contributed by atoms with E-state index in [4.69, 9.17) is 0 Å². The number of hydrogen-bond donors (Lipinski definition) is 0. The Morgan fingerprint density at radius 2 is 2.30 bits per heavy atom. The lowest BCUT2D eigenvalue weighted by atomic mass is 10.1. The predicted octanol–water partition coefficient (Wildman–Crippen LogP) is 2.60. The smallest absolute Gasteiger partial charge is 0.0277 e. The van der Waals surface area contributed by atoms with Gasteiger partial charge in [-0.05, 0) is 25.8 Å². The van der Waals surface area contributed by atoms with E-state index in [2.05, 4.69) is 18.5 Å². The molecule has 0 aromatic carbocycles. The predicted molar refractivity (Wildman–Crippen MR) is 47.6 cm³/mol. The summed E-state index contributed by atoms with van der Waals surface area (Å²) < 4.78 is 0. The normalized spacial score (nSPS) is 12.4. The summed E-state index contributed by atoms with van der Waals surface area (Å²) >= 11 is 0. The van der Waals surface area contributed by atoms with Crippen molar-refractivity contribution in [2.45, 2.75) is 19.8 Å². The van der Waals surface area contributed by atoms with Gasteiger partial charge in [0.05, 0.1) is 0 Å². The minimum absolute atomic E-state index is 1.06. The fourth-order valence-electron chi connectivity index (χ4n) is 0.615. The van der Waals surface area contributed by atoms with Gasteiger partial charge >= 0.3 is 0 Å². The van der Waals surface area contributed by atoms with Gasteiger partial charge in [0.1, 0.15) is 0 Å². The van der Waals surface area contributed by atoms with E-state index in [1.165, 1.54) is 5.57 Å². The van der Waals surface area contributed by atoms with Crippen LogP contribution in [0, 0.1) is 0 Å². The molecule has 1 nitrogen and oxygen atoms in total. The molecule has 0 fully saturated rings. The summed E-state index contributed by atoms with van der Waals surface area (Å²) in [5.41, 5.74) is 1.35. The molecule has 0 aliphatic carbocycles. The first kappa shape index (κ1) is 9.15. The van der Waals surface area contributed by atoms with Gasteiger partial charge in [-0.25, -0.2) is 0 Å². The Labute approximate surface area is 63.2 Å². The molecular weight excluding hydrogens is 122 g/mol. The molecule has 10 heavy (non-hydrogen) atoms. The highest BCUT2D eigenvalue weighted by atomic mass is 14.6. The van der Waals surface area contributed by atoms with Gasteiger partial charge in [-0.2, -0.15) is 0 Å². The Kier molecular flexibility index (Phi) is 5.74. The van der Waals surface area contributed by atoms with Gasteiger partial charge < -0.3 is 0 Å². The molecule has 0 atom stereocenters. The van der Waals surface area contributed by atoms with Gasteiger partial charge in [0, 0.05) is 13.3 Å². The zero-order chi connectivity index (χ0) is 7.82. The van der Waals surface area contributed by atoms with Crippen LogP contribution in [0.4, 0.5) is 0 Å². The lowest BCUT2D eigenvalue weighted by molar-refractivity contribution is 0.983. The first-order valence-electron chi connectivity index (χ1n) is 3.50. The molecule has 0 aromatic rings. The number of hydrogen-bond acceptors (Lipinski definition) is 1. The summed E-state index contributed by atoms with van der Waals surface area (Å²) in [6.45, 7) is 5.75. The SMILES string of the molecule is C=CCC/C(C)=C\C=NC. The summed E-state index contributed by atoms with van der Waals surface area (Å²) in [4.78, 5) is 3.86. The van der Waals surface area contributed by atoms with Crippen LogP contribution < -0.4 is 0 Å². The molecule has 0 aromatic heterocycles. The Morgan fingerprint density at radius 1 is 1.60 bits per heavy atom. The van der Waals surface area contributed by atoms with Gasteiger partial charge in [0.2, 0.25) is 0 Å². The van der Waals surface area contributed by atoms with Crippen molar-refractivity contribution in [3.8, 4) is 0 Å². The molecule has 0 aliphatic rings. The van der Waals surface area contributed by atoms with Crippen LogP contribution in [0.5, 0.6) is 0 Å². The highest BCUT2D eigenvalue weighted by molar-refractivity contribution is 5.71. The minimum atomic E-state index is 1.06. The van der Waals surface area contributed by atoms with E-state index in [9.17, 15) is 0 Å². The molecule has 1 heteroatoms.